The van der Waals surface area contributed by atoms with Crippen molar-refractivity contribution in [2.75, 3.05) is 0 Å². The molecule has 0 aliphatic heterocycles. The Bertz CT molecular complexity index is 427. The zero-order valence-corrected chi connectivity index (χ0v) is 9.71. The molecule has 0 saturated carbocycles. The summed E-state index contributed by atoms with van der Waals surface area (Å²) in [6.45, 7) is 0. The van der Waals surface area contributed by atoms with E-state index in [0.717, 1.165) is 24.3 Å². The molecule has 1 rings (SSSR count). The van der Waals surface area contributed by atoms with Gasteiger partial charge in [-0.15, -0.1) is 24.8 Å². The van der Waals surface area contributed by atoms with Gasteiger partial charge in [0.2, 0.25) is 0 Å². The molecular formula is C8H7ClF3O4P. The number of rotatable bonds is 3. The smallest absolute Gasteiger partial charge is 0.406 e. The van der Waals surface area contributed by atoms with Gasteiger partial charge in [-0.3, -0.25) is 4.57 Å². The molecule has 0 radical (unpaired) electrons. The van der Waals surface area contributed by atoms with Crippen LogP contribution < -0.4 is 4.74 Å². The average molecular weight is 291 g/mol. The lowest BCUT2D eigenvalue weighted by Crippen LogP contribution is -2.17. The molecule has 9 heteroatoms. The van der Waals surface area contributed by atoms with Crippen LogP contribution >= 0.6 is 19.2 Å². The van der Waals surface area contributed by atoms with E-state index in [2.05, 4.69) is 4.74 Å². The zero-order valence-electron chi connectivity index (χ0n) is 8.06. The fraction of sp³-hybridized carbons (Fsp3) is 0.250. The molecule has 0 heterocycles. The SMILES string of the molecule is O=P(O)(O)C(Cl)c1ccc(OC(F)(F)F)cc1. The molecule has 0 amide bonds. The van der Waals surface area contributed by atoms with Crippen molar-refractivity contribution in [2.24, 2.45) is 0 Å². The molecule has 0 saturated heterocycles. The molecule has 1 unspecified atom stereocenters. The van der Waals surface area contributed by atoms with Crippen molar-refractivity contribution in [3.8, 4) is 5.75 Å². The average Bonchev–Trinajstić information content (AvgIpc) is 2.14. The maximum atomic E-state index is 11.8. The first kappa shape index (κ1) is 14.3. The first-order chi connectivity index (χ1) is 7.59. The van der Waals surface area contributed by atoms with Crippen LogP contribution in [0.5, 0.6) is 5.75 Å². The van der Waals surface area contributed by atoms with E-state index in [0.29, 0.717) is 0 Å². The number of hydrogen-bond donors (Lipinski definition) is 2. The van der Waals surface area contributed by atoms with Gasteiger partial charge < -0.3 is 14.5 Å². The van der Waals surface area contributed by atoms with Gasteiger partial charge >= 0.3 is 14.0 Å². The van der Waals surface area contributed by atoms with Gasteiger partial charge in [0.1, 0.15) is 5.75 Å². The second-order valence-electron chi connectivity index (χ2n) is 3.04. The predicted octanol–water partition coefficient (Wildman–Crippen LogP) is 3.00. The second-order valence-corrected chi connectivity index (χ2v) is 5.48. The van der Waals surface area contributed by atoms with E-state index in [1.165, 1.54) is 0 Å². The van der Waals surface area contributed by atoms with Crippen molar-refractivity contribution in [1.82, 2.24) is 0 Å². The van der Waals surface area contributed by atoms with Crippen molar-refractivity contribution in [3.05, 3.63) is 29.8 Å². The molecule has 1 aromatic carbocycles. The van der Waals surface area contributed by atoms with Gasteiger partial charge in [0.15, 0.2) is 5.12 Å². The maximum Gasteiger partial charge on any atom is 0.573 e. The zero-order chi connectivity index (χ0) is 13.3. The normalized spacial score (nSPS) is 14.5. The summed E-state index contributed by atoms with van der Waals surface area (Å²) in [6, 6.07) is 3.96. The molecule has 0 spiro atoms. The van der Waals surface area contributed by atoms with Crippen LogP contribution in [0.15, 0.2) is 24.3 Å². The van der Waals surface area contributed by atoms with E-state index < -0.39 is 24.8 Å². The van der Waals surface area contributed by atoms with Crippen molar-refractivity contribution in [1.29, 1.82) is 0 Å². The lowest BCUT2D eigenvalue weighted by atomic mass is 10.2. The van der Waals surface area contributed by atoms with Crippen molar-refractivity contribution in [2.45, 2.75) is 11.5 Å². The minimum atomic E-state index is -4.81. The van der Waals surface area contributed by atoms with Crippen LogP contribution in [-0.2, 0) is 4.57 Å². The first-order valence-electron chi connectivity index (χ1n) is 4.14. The van der Waals surface area contributed by atoms with Crippen LogP contribution in [0.3, 0.4) is 0 Å². The highest BCUT2D eigenvalue weighted by Crippen LogP contribution is 2.54. The Morgan fingerprint density at radius 2 is 1.71 bits per heavy atom. The highest BCUT2D eigenvalue weighted by atomic mass is 35.5. The summed E-state index contributed by atoms with van der Waals surface area (Å²) < 4.78 is 49.8. The number of alkyl halides is 4. The van der Waals surface area contributed by atoms with Gasteiger partial charge in [0.05, 0.1) is 0 Å². The Labute approximate surface area is 99.1 Å². The van der Waals surface area contributed by atoms with Gasteiger partial charge in [-0.1, -0.05) is 12.1 Å². The second kappa shape index (κ2) is 4.86. The van der Waals surface area contributed by atoms with Crippen LogP contribution in [0, 0.1) is 0 Å². The highest BCUT2D eigenvalue weighted by molar-refractivity contribution is 7.54. The van der Waals surface area contributed by atoms with E-state index in [1.807, 2.05) is 0 Å². The van der Waals surface area contributed by atoms with E-state index in [-0.39, 0.29) is 5.56 Å². The first-order valence-corrected chi connectivity index (χ1v) is 6.26. The monoisotopic (exact) mass is 290 g/mol. The van der Waals surface area contributed by atoms with Gasteiger partial charge in [-0.2, -0.15) is 0 Å². The van der Waals surface area contributed by atoms with Gasteiger partial charge in [0, 0.05) is 0 Å². The quantitative estimate of drug-likeness (QED) is 0.663. The number of benzene rings is 1. The predicted molar refractivity (Wildman–Crippen MR) is 53.8 cm³/mol. The summed E-state index contributed by atoms with van der Waals surface area (Å²) in [6.07, 6.45) is -4.81. The molecule has 0 aliphatic carbocycles. The third-order valence-electron chi connectivity index (χ3n) is 1.68. The minimum absolute atomic E-state index is 0.00882. The van der Waals surface area contributed by atoms with E-state index in [4.69, 9.17) is 21.4 Å². The number of hydrogen-bond acceptors (Lipinski definition) is 2. The standard InChI is InChI=1S/C8H7ClF3O4P/c9-7(17(13,14)15)5-1-3-6(4-2-5)16-8(10,11)12/h1-4,7H,(H2,13,14,15). The molecule has 96 valence electrons. The van der Waals surface area contributed by atoms with Gasteiger partial charge in [-0.05, 0) is 17.7 Å². The van der Waals surface area contributed by atoms with Crippen molar-refractivity contribution in [3.63, 3.8) is 0 Å². The van der Waals surface area contributed by atoms with Crippen LogP contribution in [0.2, 0.25) is 0 Å². The highest BCUT2D eigenvalue weighted by Gasteiger charge is 2.32. The third-order valence-corrected chi connectivity index (χ3v) is 3.59. The fourth-order valence-corrected chi connectivity index (χ4v) is 1.73. The summed E-state index contributed by atoms with van der Waals surface area (Å²) >= 11 is 5.44. The summed E-state index contributed by atoms with van der Waals surface area (Å²) in [5.41, 5.74) is 0.00882. The van der Waals surface area contributed by atoms with Crippen LogP contribution in [0.1, 0.15) is 10.7 Å². The molecule has 4 nitrogen and oxygen atoms in total. The lowest BCUT2D eigenvalue weighted by Gasteiger charge is -2.13. The van der Waals surface area contributed by atoms with Gasteiger partial charge in [0.25, 0.3) is 0 Å². The molecule has 0 bridgehead atoms. The van der Waals surface area contributed by atoms with Crippen molar-refractivity contribution >= 4 is 19.2 Å². The van der Waals surface area contributed by atoms with E-state index in [1.54, 1.807) is 0 Å². The summed E-state index contributed by atoms with van der Waals surface area (Å²) in [7, 11) is -4.53. The Morgan fingerprint density at radius 3 is 2.06 bits per heavy atom. The lowest BCUT2D eigenvalue weighted by molar-refractivity contribution is -0.274. The molecule has 1 atom stereocenters. The topological polar surface area (TPSA) is 66.8 Å². The Balaban J connectivity index is 2.85. The maximum absolute atomic E-state index is 11.8. The minimum Gasteiger partial charge on any atom is -0.406 e. The van der Waals surface area contributed by atoms with Crippen LogP contribution in [0.25, 0.3) is 0 Å². The van der Waals surface area contributed by atoms with E-state index in [9.17, 15) is 17.7 Å². The molecule has 0 aromatic heterocycles. The molecule has 17 heavy (non-hydrogen) atoms. The van der Waals surface area contributed by atoms with Crippen molar-refractivity contribution < 1.29 is 32.3 Å². The fourth-order valence-electron chi connectivity index (χ4n) is 1.02. The number of ether oxygens (including phenoxy) is 1. The molecule has 2 N–H and O–H groups in total. The molecule has 0 fully saturated rings. The van der Waals surface area contributed by atoms with Gasteiger partial charge in [-0.25, -0.2) is 0 Å². The Morgan fingerprint density at radius 1 is 1.24 bits per heavy atom. The largest absolute Gasteiger partial charge is 0.573 e. The third kappa shape index (κ3) is 4.55. The molecular weight excluding hydrogens is 284 g/mol. The summed E-state index contributed by atoms with van der Waals surface area (Å²) in [5, 5.41) is -1.59. The molecule has 1 aromatic rings. The van der Waals surface area contributed by atoms with Crippen LogP contribution in [-0.4, -0.2) is 16.1 Å². The van der Waals surface area contributed by atoms with Crippen LogP contribution in [0.4, 0.5) is 13.2 Å². The summed E-state index contributed by atoms with van der Waals surface area (Å²) in [4.78, 5) is 17.5. The Hall–Kier alpha value is -0.750. The number of halogens is 4. The molecule has 0 aliphatic rings. The Kier molecular flexibility index (Phi) is 4.09. The van der Waals surface area contributed by atoms with E-state index >= 15 is 0 Å². The summed E-state index contributed by atoms with van der Waals surface area (Å²) in [5.74, 6) is -0.490.